The molecular formula is C19H16ClNO4S. The molecule has 0 radical (unpaired) electrons. The van der Waals surface area contributed by atoms with E-state index in [4.69, 9.17) is 20.8 Å². The van der Waals surface area contributed by atoms with Crippen LogP contribution in [0.2, 0.25) is 5.02 Å². The second-order valence-corrected chi connectivity index (χ2v) is 6.74. The number of anilines is 1. The van der Waals surface area contributed by atoms with Gasteiger partial charge in [-0.15, -0.1) is 11.3 Å². The Labute approximate surface area is 159 Å². The van der Waals surface area contributed by atoms with Gasteiger partial charge in [-0.05, 0) is 36.2 Å². The molecule has 0 spiro atoms. The average Bonchev–Trinajstić information content (AvgIpc) is 3.30. The molecule has 0 saturated carbocycles. The van der Waals surface area contributed by atoms with Crippen molar-refractivity contribution in [2.45, 2.75) is 13.3 Å². The zero-order valence-electron chi connectivity index (χ0n) is 14.0. The van der Waals surface area contributed by atoms with Gasteiger partial charge < -0.3 is 14.5 Å². The monoisotopic (exact) mass is 389 g/mol. The van der Waals surface area contributed by atoms with Gasteiger partial charge in [0.25, 0.3) is 5.91 Å². The van der Waals surface area contributed by atoms with Gasteiger partial charge in [-0.2, -0.15) is 0 Å². The van der Waals surface area contributed by atoms with Crippen molar-refractivity contribution in [2.75, 3.05) is 11.9 Å². The molecule has 0 bridgehead atoms. The van der Waals surface area contributed by atoms with Crippen LogP contribution in [-0.2, 0) is 4.74 Å². The van der Waals surface area contributed by atoms with E-state index in [1.54, 1.807) is 24.3 Å². The van der Waals surface area contributed by atoms with Crippen molar-refractivity contribution < 1.29 is 18.7 Å². The summed E-state index contributed by atoms with van der Waals surface area (Å²) in [6, 6.07) is 10.3. The lowest BCUT2D eigenvalue weighted by molar-refractivity contribution is 0.0508. The van der Waals surface area contributed by atoms with Crippen molar-refractivity contribution in [3.8, 4) is 11.1 Å². The van der Waals surface area contributed by atoms with Gasteiger partial charge in [0.15, 0.2) is 5.76 Å². The number of carbonyl (C=O) groups excluding carboxylic acids is 2. The summed E-state index contributed by atoms with van der Waals surface area (Å²) in [5, 5.41) is 5.56. The zero-order chi connectivity index (χ0) is 18.5. The van der Waals surface area contributed by atoms with Crippen molar-refractivity contribution in [3.05, 3.63) is 64.4 Å². The maximum absolute atomic E-state index is 12.6. The molecule has 2 heterocycles. The van der Waals surface area contributed by atoms with Crippen molar-refractivity contribution in [1.29, 1.82) is 0 Å². The Kier molecular flexibility index (Phi) is 5.75. The molecule has 0 aliphatic heterocycles. The van der Waals surface area contributed by atoms with E-state index in [0.29, 0.717) is 34.2 Å². The molecule has 5 nitrogen and oxygen atoms in total. The minimum absolute atomic E-state index is 0.166. The number of hydrogen-bond donors (Lipinski definition) is 1. The lowest BCUT2D eigenvalue weighted by Crippen LogP contribution is -2.14. The first-order valence-electron chi connectivity index (χ1n) is 7.99. The maximum atomic E-state index is 12.6. The van der Waals surface area contributed by atoms with Crippen LogP contribution in [0.3, 0.4) is 0 Å². The van der Waals surface area contributed by atoms with E-state index in [1.165, 1.54) is 17.6 Å². The van der Waals surface area contributed by atoms with Gasteiger partial charge in [-0.3, -0.25) is 4.79 Å². The first-order chi connectivity index (χ1) is 12.6. The number of rotatable bonds is 6. The molecule has 26 heavy (non-hydrogen) atoms. The third-order valence-corrected chi connectivity index (χ3v) is 4.71. The highest BCUT2D eigenvalue weighted by atomic mass is 35.5. The van der Waals surface area contributed by atoms with Gasteiger partial charge >= 0.3 is 5.97 Å². The van der Waals surface area contributed by atoms with Gasteiger partial charge in [0, 0.05) is 16.0 Å². The molecule has 0 atom stereocenters. The van der Waals surface area contributed by atoms with Gasteiger partial charge in [0.1, 0.15) is 10.6 Å². The number of carbonyl (C=O) groups is 2. The van der Waals surface area contributed by atoms with E-state index in [1.807, 2.05) is 24.4 Å². The largest absolute Gasteiger partial charge is 0.462 e. The molecule has 2 aromatic heterocycles. The summed E-state index contributed by atoms with van der Waals surface area (Å²) in [7, 11) is 0. The number of amides is 1. The molecule has 0 aliphatic rings. The quantitative estimate of drug-likeness (QED) is 0.566. The Morgan fingerprint density at radius 1 is 1.23 bits per heavy atom. The van der Waals surface area contributed by atoms with Crippen LogP contribution >= 0.6 is 22.9 Å². The van der Waals surface area contributed by atoms with Crippen molar-refractivity contribution >= 4 is 39.8 Å². The number of benzene rings is 1. The summed E-state index contributed by atoms with van der Waals surface area (Å²) in [6.45, 7) is 2.22. The fourth-order valence-corrected chi connectivity index (χ4v) is 3.41. The Morgan fingerprint density at radius 2 is 2.00 bits per heavy atom. The van der Waals surface area contributed by atoms with Crippen molar-refractivity contribution in [3.63, 3.8) is 0 Å². The van der Waals surface area contributed by atoms with Crippen LogP contribution in [0.5, 0.6) is 0 Å². The summed E-state index contributed by atoms with van der Waals surface area (Å²) in [5.74, 6) is -0.740. The van der Waals surface area contributed by atoms with Crippen molar-refractivity contribution in [2.24, 2.45) is 0 Å². The van der Waals surface area contributed by atoms with Crippen LogP contribution in [0.4, 0.5) is 5.00 Å². The van der Waals surface area contributed by atoms with Crippen molar-refractivity contribution in [1.82, 2.24) is 0 Å². The number of halogens is 1. The predicted octanol–water partition coefficient (Wildman–Crippen LogP) is 5.48. The molecule has 1 aromatic carbocycles. The zero-order valence-corrected chi connectivity index (χ0v) is 15.5. The third kappa shape index (κ3) is 3.98. The van der Waals surface area contributed by atoms with Crippen LogP contribution in [0, 0.1) is 0 Å². The predicted molar refractivity (Wildman–Crippen MR) is 102 cm³/mol. The van der Waals surface area contributed by atoms with E-state index in [-0.39, 0.29) is 5.76 Å². The second kappa shape index (κ2) is 8.21. The number of nitrogens with one attached hydrogen (secondary N) is 1. The second-order valence-electron chi connectivity index (χ2n) is 5.43. The van der Waals surface area contributed by atoms with Crippen LogP contribution in [0.15, 0.2) is 52.5 Å². The third-order valence-electron chi connectivity index (χ3n) is 3.56. The number of thiophene rings is 1. The first kappa shape index (κ1) is 18.2. The number of esters is 1. The molecule has 0 saturated heterocycles. The van der Waals surface area contributed by atoms with E-state index in [0.717, 1.165) is 5.56 Å². The molecule has 3 rings (SSSR count). The van der Waals surface area contributed by atoms with Gasteiger partial charge in [0.2, 0.25) is 0 Å². The van der Waals surface area contributed by atoms with Crippen LogP contribution in [0.25, 0.3) is 11.1 Å². The highest BCUT2D eigenvalue weighted by Crippen LogP contribution is 2.37. The normalized spacial score (nSPS) is 10.5. The van der Waals surface area contributed by atoms with Gasteiger partial charge in [0.05, 0.1) is 12.9 Å². The number of furan rings is 1. The highest BCUT2D eigenvalue weighted by Gasteiger charge is 2.23. The summed E-state index contributed by atoms with van der Waals surface area (Å²) in [4.78, 5) is 24.9. The molecule has 1 N–H and O–H groups in total. The van der Waals surface area contributed by atoms with Gasteiger partial charge in [-0.1, -0.05) is 30.7 Å². The minimum Gasteiger partial charge on any atom is -0.462 e. The lowest BCUT2D eigenvalue weighted by atomic mass is 10.0. The summed E-state index contributed by atoms with van der Waals surface area (Å²) < 4.78 is 10.4. The Hall–Kier alpha value is -2.57. The van der Waals surface area contributed by atoms with E-state index < -0.39 is 11.9 Å². The molecule has 134 valence electrons. The number of ether oxygens (including phenoxy) is 1. The molecule has 0 fully saturated rings. The standard InChI is InChI=1S/C19H16ClNO4S/c1-2-9-25-19(23)16-14(12-5-7-13(20)8-6-12)11-26-18(16)21-17(22)15-4-3-10-24-15/h3-8,10-11H,2,9H2,1H3,(H,21,22). The number of hydrogen-bond acceptors (Lipinski definition) is 5. The van der Waals surface area contributed by atoms with Crippen LogP contribution < -0.4 is 5.32 Å². The van der Waals surface area contributed by atoms with Gasteiger partial charge in [-0.25, -0.2) is 4.79 Å². The smallest absolute Gasteiger partial charge is 0.341 e. The highest BCUT2D eigenvalue weighted by molar-refractivity contribution is 7.15. The minimum atomic E-state index is -0.479. The first-order valence-corrected chi connectivity index (χ1v) is 9.25. The molecule has 3 aromatic rings. The topological polar surface area (TPSA) is 68.5 Å². The van der Waals surface area contributed by atoms with Crippen LogP contribution in [0.1, 0.15) is 34.3 Å². The van der Waals surface area contributed by atoms with E-state index >= 15 is 0 Å². The maximum Gasteiger partial charge on any atom is 0.341 e. The summed E-state index contributed by atoms with van der Waals surface area (Å²) in [5.41, 5.74) is 1.82. The fourth-order valence-electron chi connectivity index (χ4n) is 2.33. The Balaban J connectivity index is 1.97. The Bertz CT molecular complexity index is 900. The summed E-state index contributed by atoms with van der Waals surface area (Å²) >= 11 is 7.20. The SMILES string of the molecule is CCCOC(=O)c1c(-c2ccc(Cl)cc2)csc1NC(=O)c1ccco1. The molecule has 7 heteroatoms. The van der Waals surface area contributed by atoms with Crippen LogP contribution in [-0.4, -0.2) is 18.5 Å². The average molecular weight is 390 g/mol. The Morgan fingerprint density at radius 3 is 2.65 bits per heavy atom. The summed E-state index contributed by atoms with van der Waals surface area (Å²) in [6.07, 6.45) is 2.12. The van der Waals surface area contributed by atoms with E-state index in [2.05, 4.69) is 5.32 Å². The fraction of sp³-hybridized carbons (Fsp3) is 0.158. The molecule has 1 amide bonds. The molecule has 0 unspecified atom stereocenters. The molecule has 0 aliphatic carbocycles. The van der Waals surface area contributed by atoms with E-state index in [9.17, 15) is 9.59 Å². The molecular weight excluding hydrogens is 374 g/mol. The lowest BCUT2D eigenvalue weighted by Gasteiger charge is -2.09.